The lowest BCUT2D eigenvalue weighted by Crippen LogP contribution is -2.38. The van der Waals surface area contributed by atoms with E-state index in [2.05, 4.69) is 0 Å². The molecule has 15 heavy (non-hydrogen) atoms. The van der Waals surface area contributed by atoms with Crippen molar-refractivity contribution in [2.45, 2.75) is 20.0 Å². The van der Waals surface area contributed by atoms with Crippen molar-refractivity contribution in [3.05, 3.63) is 29.6 Å². The summed E-state index contributed by atoms with van der Waals surface area (Å²) in [5.74, 6) is -0.646. The van der Waals surface area contributed by atoms with Crippen molar-refractivity contribution in [1.82, 2.24) is 0 Å². The Hall–Kier alpha value is -1.20. The van der Waals surface area contributed by atoms with Crippen molar-refractivity contribution >= 4 is 18.9 Å². The van der Waals surface area contributed by atoms with E-state index in [1.165, 1.54) is 12.1 Å². The van der Waals surface area contributed by atoms with Crippen molar-refractivity contribution in [1.29, 1.82) is 0 Å². The van der Waals surface area contributed by atoms with Crippen LogP contribution in [0.25, 0.3) is 0 Å². The van der Waals surface area contributed by atoms with Gasteiger partial charge >= 0.3 is 7.12 Å². The van der Waals surface area contributed by atoms with Crippen molar-refractivity contribution in [3.8, 4) is 0 Å². The van der Waals surface area contributed by atoms with Crippen LogP contribution in [-0.4, -0.2) is 24.5 Å². The van der Waals surface area contributed by atoms with Gasteiger partial charge in [-0.1, -0.05) is 12.1 Å². The normalized spacial score (nSPS) is 10.5. The molecule has 1 aromatic rings. The van der Waals surface area contributed by atoms with Gasteiger partial charge in [-0.25, -0.2) is 4.39 Å². The number of halogens is 1. The Morgan fingerprint density at radius 1 is 1.53 bits per heavy atom. The van der Waals surface area contributed by atoms with Crippen LogP contribution in [0.3, 0.4) is 0 Å². The molecule has 0 unspecified atom stereocenters. The quantitative estimate of drug-likeness (QED) is 0.589. The monoisotopic (exact) mass is 210 g/mol. The van der Waals surface area contributed by atoms with Gasteiger partial charge in [-0.2, -0.15) is 0 Å². The number of benzene rings is 1. The van der Waals surface area contributed by atoms with Crippen LogP contribution in [0.5, 0.6) is 0 Å². The molecule has 5 heteroatoms. The molecule has 0 amide bonds. The van der Waals surface area contributed by atoms with E-state index in [1.54, 1.807) is 13.8 Å². The second-order valence-electron chi connectivity index (χ2n) is 3.44. The van der Waals surface area contributed by atoms with E-state index in [0.717, 1.165) is 6.07 Å². The zero-order valence-corrected chi connectivity index (χ0v) is 8.61. The zero-order chi connectivity index (χ0) is 11.4. The molecule has 1 aromatic carbocycles. The molecule has 0 heterocycles. The fourth-order valence-corrected chi connectivity index (χ4v) is 1.15. The van der Waals surface area contributed by atoms with E-state index in [1.807, 2.05) is 0 Å². The van der Waals surface area contributed by atoms with Gasteiger partial charge in [0, 0.05) is 17.1 Å². The summed E-state index contributed by atoms with van der Waals surface area (Å²) in [4.78, 5) is 10.4. The third-order valence-corrected chi connectivity index (χ3v) is 1.83. The molecule has 80 valence electrons. The average molecular weight is 210 g/mol. The van der Waals surface area contributed by atoms with E-state index in [4.69, 9.17) is 4.65 Å². The van der Waals surface area contributed by atoms with Gasteiger partial charge in [-0.3, -0.25) is 4.79 Å². The topological polar surface area (TPSA) is 46.5 Å². The number of carbonyl (C=O) groups is 1. The molecular weight excluding hydrogens is 198 g/mol. The third kappa shape index (κ3) is 3.14. The smallest absolute Gasteiger partial charge is 0.423 e. The lowest BCUT2D eigenvalue weighted by Gasteiger charge is -2.12. The molecule has 0 atom stereocenters. The van der Waals surface area contributed by atoms with Crippen molar-refractivity contribution in [2.75, 3.05) is 0 Å². The van der Waals surface area contributed by atoms with Crippen LogP contribution in [0.15, 0.2) is 18.2 Å². The molecule has 1 rings (SSSR count). The van der Waals surface area contributed by atoms with Crippen LogP contribution < -0.4 is 5.46 Å². The molecule has 0 saturated carbocycles. The predicted molar refractivity (Wildman–Crippen MR) is 55.6 cm³/mol. The van der Waals surface area contributed by atoms with E-state index in [0.29, 0.717) is 6.29 Å². The highest BCUT2D eigenvalue weighted by Crippen LogP contribution is 2.02. The summed E-state index contributed by atoms with van der Waals surface area (Å²) in [7, 11) is -1.30. The maximum absolute atomic E-state index is 13.3. The summed E-state index contributed by atoms with van der Waals surface area (Å²) in [6, 6.07) is 3.83. The molecule has 0 radical (unpaired) electrons. The summed E-state index contributed by atoms with van der Waals surface area (Å²) in [5.41, 5.74) is 0.266. The maximum atomic E-state index is 13.3. The summed E-state index contributed by atoms with van der Waals surface area (Å²) in [6.45, 7) is 3.47. The van der Waals surface area contributed by atoms with Gasteiger partial charge in [0.25, 0.3) is 0 Å². The van der Waals surface area contributed by atoms with Gasteiger partial charge in [0.15, 0.2) is 0 Å². The Balaban J connectivity index is 2.90. The van der Waals surface area contributed by atoms with Crippen LogP contribution >= 0.6 is 0 Å². The van der Waals surface area contributed by atoms with Crippen molar-refractivity contribution in [3.63, 3.8) is 0 Å². The summed E-state index contributed by atoms with van der Waals surface area (Å²) >= 11 is 0. The highest BCUT2D eigenvalue weighted by Gasteiger charge is 2.21. The molecule has 0 aliphatic rings. The SMILES string of the molecule is CC(C)OB(O)c1ccc(C=O)cc1F. The molecular formula is C10H12BFO3. The van der Waals surface area contributed by atoms with Gasteiger partial charge in [-0.05, 0) is 19.9 Å². The zero-order valence-electron chi connectivity index (χ0n) is 8.61. The summed E-state index contributed by atoms with van der Waals surface area (Å²) in [5, 5.41) is 9.48. The summed E-state index contributed by atoms with van der Waals surface area (Å²) < 4.78 is 18.4. The van der Waals surface area contributed by atoms with Crippen molar-refractivity contribution in [2.24, 2.45) is 0 Å². The number of hydrogen-bond donors (Lipinski definition) is 1. The minimum Gasteiger partial charge on any atom is -0.423 e. The number of hydrogen-bond acceptors (Lipinski definition) is 3. The minimum atomic E-state index is -1.30. The molecule has 0 bridgehead atoms. The number of rotatable bonds is 4. The van der Waals surface area contributed by atoms with Crippen LogP contribution in [0.1, 0.15) is 24.2 Å². The molecule has 1 N–H and O–H groups in total. The van der Waals surface area contributed by atoms with E-state index < -0.39 is 12.9 Å². The Morgan fingerprint density at radius 3 is 2.67 bits per heavy atom. The number of carbonyl (C=O) groups excluding carboxylic acids is 1. The van der Waals surface area contributed by atoms with E-state index >= 15 is 0 Å². The van der Waals surface area contributed by atoms with E-state index in [-0.39, 0.29) is 17.1 Å². The predicted octanol–water partition coefficient (Wildman–Crippen LogP) is 0.751. The molecule has 0 spiro atoms. The van der Waals surface area contributed by atoms with Crippen LogP contribution in [0.2, 0.25) is 0 Å². The maximum Gasteiger partial charge on any atom is 0.494 e. The molecule has 0 aliphatic carbocycles. The Bertz CT molecular complexity index is 355. The van der Waals surface area contributed by atoms with Crippen molar-refractivity contribution < 1.29 is 18.9 Å². The molecule has 0 saturated heterocycles. The van der Waals surface area contributed by atoms with Gasteiger partial charge in [0.1, 0.15) is 12.1 Å². The largest absolute Gasteiger partial charge is 0.494 e. The fraction of sp³-hybridized carbons (Fsp3) is 0.300. The van der Waals surface area contributed by atoms with Gasteiger partial charge < -0.3 is 9.68 Å². The van der Waals surface area contributed by atoms with Gasteiger partial charge in [0.2, 0.25) is 0 Å². The standard InChI is InChI=1S/C10H12BFO3/c1-7(2)15-11(14)9-4-3-8(6-13)5-10(9)12/h3-7,14H,1-2H3. The molecule has 0 aromatic heterocycles. The minimum absolute atomic E-state index is 0.0364. The van der Waals surface area contributed by atoms with Gasteiger partial charge in [-0.15, -0.1) is 0 Å². The fourth-order valence-electron chi connectivity index (χ4n) is 1.15. The third-order valence-electron chi connectivity index (χ3n) is 1.83. The average Bonchev–Trinajstić information content (AvgIpc) is 2.16. The number of aldehydes is 1. The first-order valence-corrected chi connectivity index (χ1v) is 4.62. The highest BCUT2D eigenvalue weighted by molar-refractivity contribution is 6.60. The van der Waals surface area contributed by atoms with Crippen LogP contribution in [-0.2, 0) is 4.65 Å². The first kappa shape index (κ1) is 11.9. The Labute approximate surface area is 88.0 Å². The second-order valence-corrected chi connectivity index (χ2v) is 3.44. The molecule has 0 aliphatic heterocycles. The Morgan fingerprint density at radius 2 is 2.20 bits per heavy atom. The second kappa shape index (κ2) is 5.05. The van der Waals surface area contributed by atoms with Crippen LogP contribution in [0, 0.1) is 5.82 Å². The lowest BCUT2D eigenvalue weighted by molar-refractivity contribution is 0.112. The van der Waals surface area contributed by atoms with E-state index in [9.17, 15) is 14.2 Å². The first-order chi connectivity index (χ1) is 7.04. The first-order valence-electron chi connectivity index (χ1n) is 4.62. The lowest BCUT2D eigenvalue weighted by atomic mass is 9.78. The van der Waals surface area contributed by atoms with Crippen LogP contribution in [0.4, 0.5) is 4.39 Å². The van der Waals surface area contributed by atoms with Gasteiger partial charge in [0.05, 0.1) is 0 Å². The Kier molecular flexibility index (Phi) is 4.00. The molecule has 0 fully saturated rings. The molecule has 3 nitrogen and oxygen atoms in total. The highest BCUT2D eigenvalue weighted by atomic mass is 19.1. The summed E-state index contributed by atoms with van der Waals surface area (Å²) in [6.07, 6.45) is 0.341.